The van der Waals surface area contributed by atoms with Gasteiger partial charge in [-0.25, -0.2) is 4.99 Å². The molecule has 1 aromatic rings. The molecule has 1 aliphatic carbocycles. The fourth-order valence-corrected chi connectivity index (χ4v) is 2.48. The van der Waals surface area contributed by atoms with E-state index >= 15 is 0 Å². The fourth-order valence-electron chi connectivity index (χ4n) is 2.26. The van der Waals surface area contributed by atoms with Gasteiger partial charge in [0.1, 0.15) is 0 Å². The van der Waals surface area contributed by atoms with Crippen molar-refractivity contribution in [2.24, 2.45) is 10.9 Å². The summed E-state index contributed by atoms with van der Waals surface area (Å²) in [6, 6.07) is 2.54. The van der Waals surface area contributed by atoms with Gasteiger partial charge < -0.3 is 10.4 Å². The van der Waals surface area contributed by atoms with Crippen molar-refractivity contribution < 1.29 is 18.3 Å². The highest BCUT2D eigenvalue weighted by molar-refractivity contribution is 6.31. The Morgan fingerprint density at radius 2 is 2.14 bits per heavy atom. The molecule has 3 nitrogen and oxygen atoms in total. The summed E-state index contributed by atoms with van der Waals surface area (Å²) in [4.78, 5) is 3.92. The average Bonchev–Trinajstić information content (AvgIpc) is 3.27. The number of fused-ring (bicyclic) bond motifs is 1. The van der Waals surface area contributed by atoms with E-state index in [-0.39, 0.29) is 28.8 Å². The lowest BCUT2D eigenvalue weighted by Crippen LogP contribution is -2.53. The number of benzene rings is 1. The molecule has 0 radical (unpaired) electrons. The summed E-state index contributed by atoms with van der Waals surface area (Å²) in [5, 5.41) is 11.5. The molecule has 7 heteroatoms. The molecule has 1 saturated carbocycles. The number of rotatable bonds is 1. The molecule has 1 aromatic carbocycles. The fraction of sp³-hybridized carbons (Fsp3) is 0.400. The largest absolute Gasteiger partial charge is 0.427 e. The molecule has 2 N–H and O–H groups in total. The van der Waals surface area contributed by atoms with Crippen LogP contribution >= 0.6 is 11.6 Å². The van der Waals surface area contributed by atoms with Gasteiger partial charge in [0.25, 0.3) is 0 Å². The smallest absolute Gasteiger partial charge is 0.392 e. The third-order valence-corrected chi connectivity index (χ3v) is 4.04. The number of aliphatic imine (C=N–C) groups is 1. The Balaban J connectivity index is 2.20. The van der Waals surface area contributed by atoms with Crippen molar-refractivity contribution in [1.82, 2.24) is 5.32 Å². The van der Waals surface area contributed by atoms with Gasteiger partial charge in [-0.2, -0.15) is 13.2 Å². The first-order chi connectivity index (χ1) is 10.4. The van der Waals surface area contributed by atoms with Gasteiger partial charge in [-0.3, -0.25) is 0 Å². The zero-order valence-electron chi connectivity index (χ0n) is 11.3. The summed E-state index contributed by atoms with van der Waals surface area (Å²) < 4.78 is 41.2. The van der Waals surface area contributed by atoms with Crippen LogP contribution < -0.4 is 5.32 Å². The van der Waals surface area contributed by atoms with Crippen LogP contribution in [0.2, 0.25) is 5.02 Å². The summed E-state index contributed by atoms with van der Waals surface area (Å²) in [6.07, 6.45) is -2.00. The highest BCUT2D eigenvalue weighted by atomic mass is 35.5. The maximum atomic E-state index is 13.7. The number of hydrogen-bond acceptors (Lipinski definition) is 3. The molecule has 0 spiro atoms. The van der Waals surface area contributed by atoms with Gasteiger partial charge >= 0.3 is 6.18 Å². The summed E-state index contributed by atoms with van der Waals surface area (Å²) in [7, 11) is 0. The Labute approximate surface area is 130 Å². The molecule has 1 aliphatic heterocycles. The minimum absolute atomic E-state index is 0.0236. The third-order valence-electron chi connectivity index (χ3n) is 3.69. The van der Waals surface area contributed by atoms with Crippen LogP contribution in [0.4, 0.5) is 18.9 Å². The van der Waals surface area contributed by atoms with E-state index in [1.54, 1.807) is 0 Å². The minimum atomic E-state index is -4.64. The number of nitrogens with zero attached hydrogens (tertiary/aromatic N) is 1. The third kappa shape index (κ3) is 2.44. The molecular weight excluding hydrogens is 317 g/mol. The average molecular weight is 329 g/mol. The van der Waals surface area contributed by atoms with E-state index < -0.39 is 11.7 Å². The van der Waals surface area contributed by atoms with Crippen LogP contribution in [0.25, 0.3) is 0 Å². The van der Waals surface area contributed by atoms with Gasteiger partial charge in [0.2, 0.25) is 5.54 Å². The van der Waals surface area contributed by atoms with Gasteiger partial charge in [0.15, 0.2) is 0 Å². The molecule has 2 aliphatic rings. The Morgan fingerprint density at radius 3 is 2.73 bits per heavy atom. The van der Waals surface area contributed by atoms with E-state index in [0.29, 0.717) is 5.56 Å². The lowest BCUT2D eigenvalue weighted by Gasteiger charge is -2.35. The molecular formula is C15H12ClF3N2O. The lowest BCUT2D eigenvalue weighted by molar-refractivity contribution is -0.177. The number of nitrogens with one attached hydrogen (secondary N) is 1. The zero-order valence-corrected chi connectivity index (χ0v) is 12.1. The Bertz CT molecular complexity index is 701. The van der Waals surface area contributed by atoms with E-state index in [2.05, 4.69) is 22.2 Å². The van der Waals surface area contributed by atoms with E-state index in [9.17, 15) is 18.3 Å². The molecule has 0 saturated heterocycles. The van der Waals surface area contributed by atoms with Crippen molar-refractivity contribution in [3.05, 3.63) is 28.3 Å². The number of alkyl halides is 3. The van der Waals surface area contributed by atoms with Crippen molar-refractivity contribution >= 4 is 23.6 Å². The van der Waals surface area contributed by atoms with Crippen LogP contribution in [0, 0.1) is 17.8 Å². The van der Waals surface area contributed by atoms with Crippen LogP contribution in [0.15, 0.2) is 17.1 Å². The van der Waals surface area contributed by atoms with Crippen molar-refractivity contribution in [2.45, 2.75) is 31.2 Å². The second-order valence-electron chi connectivity index (χ2n) is 5.31. The second-order valence-corrected chi connectivity index (χ2v) is 5.72. The molecule has 0 amide bonds. The molecule has 3 rings (SSSR count). The molecule has 0 unspecified atom stereocenters. The summed E-state index contributed by atoms with van der Waals surface area (Å²) in [6.45, 7) is -0.373. The van der Waals surface area contributed by atoms with Gasteiger partial charge in [-0.05, 0) is 30.5 Å². The first kappa shape index (κ1) is 15.2. The van der Waals surface area contributed by atoms with Crippen molar-refractivity contribution in [1.29, 1.82) is 0 Å². The van der Waals surface area contributed by atoms with Crippen LogP contribution in [0.3, 0.4) is 0 Å². The standard InChI is InChI=1S/C15H12ClF3N2O/c16-12-6-11-13(5-10(12)7-22)20-8-21-14(11,15(17,18)19)4-3-9-1-2-9/h5-6,8-9,22H,1-2,7H2,(H,20,21)/t14-/m1/s1. The van der Waals surface area contributed by atoms with Gasteiger partial charge in [-0.1, -0.05) is 23.4 Å². The van der Waals surface area contributed by atoms with Crippen molar-refractivity contribution in [2.75, 3.05) is 0 Å². The molecule has 1 atom stereocenters. The predicted octanol–water partition coefficient (Wildman–Crippen LogP) is 3.27. The van der Waals surface area contributed by atoms with Crippen molar-refractivity contribution in [3.8, 4) is 11.8 Å². The topological polar surface area (TPSA) is 44.6 Å². The Morgan fingerprint density at radius 1 is 1.41 bits per heavy atom. The normalized spacial score (nSPS) is 23.3. The summed E-state index contributed by atoms with van der Waals surface area (Å²) in [5.74, 6) is 5.06. The van der Waals surface area contributed by atoms with E-state index in [1.165, 1.54) is 12.1 Å². The number of halogens is 4. The molecule has 1 fully saturated rings. The van der Waals surface area contributed by atoms with E-state index in [4.69, 9.17) is 11.6 Å². The Hall–Kier alpha value is -1.71. The molecule has 22 heavy (non-hydrogen) atoms. The maximum absolute atomic E-state index is 13.7. The number of hydrogen-bond donors (Lipinski definition) is 2. The molecule has 1 heterocycles. The second kappa shape index (κ2) is 5.18. The highest BCUT2D eigenvalue weighted by Crippen LogP contribution is 2.46. The van der Waals surface area contributed by atoms with Crippen molar-refractivity contribution in [3.63, 3.8) is 0 Å². The first-order valence-electron chi connectivity index (χ1n) is 6.71. The van der Waals surface area contributed by atoms with Crippen LogP contribution in [-0.2, 0) is 12.1 Å². The van der Waals surface area contributed by atoms with Gasteiger partial charge in [0, 0.05) is 16.5 Å². The molecule has 116 valence electrons. The minimum Gasteiger partial charge on any atom is -0.392 e. The summed E-state index contributed by atoms with van der Waals surface area (Å²) >= 11 is 5.96. The SMILES string of the molecule is OCc1cc2c(cc1Cl)[C@](C#CC1CC1)(C(F)(F)F)NC=N2. The maximum Gasteiger partial charge on any atom is 0.427 e. The van der Waals surface area contributed by atoms with Crippen LogP contribution in [0.5, 0.6) is 0 Å². The number of aliphatic hydroxyl groups is 1. The van der Waals surface area contributed by atoms with E-state index in [1.807, 2.05) is 0 Å². The van der Waals surface area contributed by atoms with Gasteiger partial charge in [0.05, 0.1) is 18.6 Å². The zero-order chi connectivity index (χ0) is 16.0. The molecule has 0 bridgehead atoms. The Kier molecular flexibility index (Phi) is 3.58. The highest BCUT2D eigenvalue weighted by Gasteiger charge is 2.57. The van der Waals surface area contributed by atoms with Crippen LogP contribution in [0.1, 0.15) is 24.0 Å². The van der Waals surface area contributed by atoms with Gasteiger partial charge in [-0.15, -0.1) is 0 Å². The molecule has 0 aromatic heterocycles. The van der Waals surface area contributed by atoms with E-state index in [0.717, 1.165) is 19.2 Å². The quantitative estimate of drug-likeness (QED) is 0.777. The monoisotopic (exact) mass is 328 g/mol. The summed E-state index contributed by atoms with van der Waals surface area (Å²) in [5.41, 5.74) is -2.23. The predicted molar refractivity (Wildman–Crippen MR) is 76.9 cm³/mol. The van der Waals surface area contributed by atoms with Crippen LogP contribution in [-0.4, -0.2) is 17.6 Å². The lowest BCUT2D eigenvalue weighted by atomic mass is 9.86. The number of aliphatic hydroxyl groups excluding tert-OH is 1. The first-order valence-corrected chi connectivity index (χ1v) is 7.08.